The molecule has 1 radical (unpaired) electrons. The number of allylic oxidation sites excluding steroid dienone is 2. The van der Waals surface area contributed by atoms with Crippen LogP contribution in [0.5, 0.6) is 11.5 Å². The number of nitrogens with zero attached hydrogens (tertiary/aromatic N) is 1. The van der Waals surface area contributed by atoms with Gasteiger partial charge in [-0.1, -0.05) is 110 Å². The molecule has 3 aromatic carbocycles. The smallest absolute Gasteiger partial charge is 0.162 e. The van der Waals surface area contributed by atoms with Crippen molar-refractivity contribution >= 4 is 27.3 Å². The van der Waals surface area contributed by atoms with Gasteiger partial charge in [-0.05, 0) is 79.4 Å². The van der Waals surface area contributed by atoms with Crippen LogP contribution in [-0.4, -0.2) is 15.9 Å². The molecule has 0 saturated carbocycles. The maximum absolute atomic E-state index is 11.7. The molecule has 5 heteroatoms. The van der Waals surface area contributed by atoms with E-state index < -0.39 is 0 Å². The fraction of sp³-hybridized carbons (Fsp3) is 0.488. The Kier molecular flexibility index (Phi) is 13.3. The molecule has 48 heavy (non-hydrogen) atoms. The Morgan fingerprint density at radius 2 is 1.52 bits per heavy atom. The molecule has 1 aliphatic rings. The summed E-state index contributed by atoms with van der Waals surface area (Å²) < 4.78 is 6.75. The van der Waals surface area contributed by atoms with Crippen molar-refractivity contribution in [3.05, 3.63) is 77.2 Å². The van der Waals surface area contributed by atoms with Gasteiger partial charge in [-0.2, -0.15) is 0 Å². The minimum atomic E-state index is 0. The van der Waals surface area contributed by atoms with E-state index in [1.54, 1.807) is 0 Å². The van der Waals surface area contributed by atoms with Gasteiger partial charge < -0.3 is 9.84 Å². The van der Waals surface area contributed by atoms with Crippen molar-refractivity contribution in [3.63, 3.8) is 0 Å². The first-order valence-electron chi connectivity index (χ1n) is 17.6. The zero-order valence-electron chi connectivity index (χ0n) is 31.1. The summed E-state index contributed by atoms with van der Waals surface area (Å²) in [6.45, 7) is 23.9. The first-order chi connectivity index (χ1) is 22.1. The number of aliphatic hydroxyl groups excluding tert-OH is 1. The average Bonchev–Trinajstić information content (AvgIpc) is 2.97. The molecule has 261 valence electrons. The molecule has 0 unspecified atom stereocenters. The second-order valence-corrected chi connectivity index (χ2v) is 15.8. The number of benzene rings is 3. The zero-order chi connectivity index (χ0) is 34.7. The summed E-state index contributed by atoms with van der Waals surface area (Å²) in [7, 11) is 0. The third-order valence-corrected chi connectivity index (χ3v) is 9.12. The van der Waals surface area contributed by atoms with Gasteiger partial charge in [-0.25, -0.2) is 0 Å². The Morgan fingerprint density at radius 1 is 0.896 bits per heavy atom. The number of aryl methyl sites for hydroxylation is 1. The van der Waals surface area contributed by atoms with Gasteiger partial charge in [0.15, 0.2) is 5.78 Å². The molecular weight excluding hydrogens is 771 g/mol. The number of fused-ring (bicyclic) bond motifs is 3. The number of rotatable bonds is 9. The number of ketones is 1. The number of hydrogen-bond acceptors (Lipinski definition) is 4. The Labute approximate surface area is 303 Å². The third-order valence-electron chi connectivity index (χ3n) is 9.12. The summed E-state index contributed by atoms with van der Waals surface area (Å²) in [5.74, 6) is 2.40. The van der Waals surface area contributed by atoms with E-state index in [0.717, 1.165) is 72.1 Å². The van der Waals surface area contributed by atoms with Gasteiger partial charge in [-0.3, -0.25) is 9.78 Å². The molecule has 0 bridgehead atoms. The largest absolute Gasteiger partial charge is 0.512 e. The van der Waals surface area contributed by atoms with Crippen molar-refractivity contribution in [1.82, 2.24) is 4.98 Å². The topological polar surface area (TPSA) is 59.4 Å². The molecule has 1 aromatic heterocycles. The fourth-order valence-corrected chi connectivity index (χ4v) is 6.69. The second kappa shape index (κ2) is 16.1. The number of hydrogen-bond donors (Lipinski definition) is 1. The van der Waals surface area contributed by atoms with Crippen molar-refractivity contribution in [1.29, 1.82) is 0 Å². The predicted molar refractivity (Wildman–Crippen MR) is 199 cm³/mol. The minimum absolute atomic E-state index is 0. The van der Waals surface area contributed by atoms with E-state index in [0.29, 0.717) is 0 Å². The molecule has 5 rings (SSSR count). The molecule has 0 amide bonds. The van der Waals surface area contributed by atoms with Crippen molar-refractivity contribution in [2.75, 3.05) is 0 Å². The van der Waals surface area contributed by atoms with Gasteiger partial charge in [0.1, 0.15) is 5.75 Å². The Balaban J connectivity index is 0.000000334. The summed E-state index contributed by atoms with van der Waals surface area (Å²) in [4.78, 5) is 16.6. The van der Waals surface area contributed by atoms with Gasteiger partial charge in [0.2, 0.25) is 0 Å². The van der Waals surface area contributed by atoms with E-state index in [1.165, 1.54) is 33.5 Å². The summed E-state index contributed by atoms with van der Waals surface area (Å²) in [5.41, 5.74) is 6.12. The number of ether oxygens (including phenoxy) is 1. The van der Waals surface area contributed by atoms with Gasteiger partial charge in [0.05, 0.1) is 11.5 Å². The van der Waals surface area contributed by atoms with Gasteiger partial charge >= 0.3 is 0 Å². The van der Waals surface area contributed by atoms with Crippen molar-refractivity contribution in [2.24, 2.45) is 22.7 Å². The van der Waals surface area contributed by atoms with E-state index >= 15 is 0 Å². The van der Waals surface area contributed by atoms with Gasteiger partial charge in [0, 0.05) is 55.3 Å². The molecule has 0 spiro atoms. The number of carbonyl (C=O) groups excluding carboxylic acids is 1. The van der Waals surface area contributed by atoms with Crippen LogP contribution in [0, 0.1) is 35.7 Å². The van der Waals surface area contributed by atoms with Crippen LogP contribution in [0.4, 0.5) is 0 Å². The Bertz CT molecular complexity index is 1770. The molecular formula is C43H56IrNO3-. The van der Waals surface area contributed by atoms with Crippen LogP contribution in [0.25, 0.3) is 32.8 Å². The summed E-state index contributed by atoms with van der Waals surface area (Å²) in [6.07, 6.45) is 8.76. The monoisotopic (exact) mass is 827 g/mol. The number of aliphatic hydroxyl groups is 1. The fourth-order valence-electron chi connectivity index (χ4n) is 6.69. The van der Waals surface area contributed by atoms with Crippen molar-refractivity contribution < 1.29 is 34.7 Å². The molecule has 2 heterocycles. The van der Waals surface area contributed by atoms with Crippen LogP contribution in [0.1, 0.15) is 112 Å². The summed E-state index contributed by atoms with van der Waals surface area (Å²) >= 11 is 0. The van der Waals surface area contributed by atoms with E-state index in [-0.39, 0.29) is 54.3 Å². The molecule has 4 aromatic rings. The van der Waals surface area contributed by atoms with E-state index in [1.807, 2.05) is 33.9 Å². The molecule has 4 nitrogen and oxygen atoms in total. The number of pyridine rings is 1. The van der Waals surface area contributed by atoms with E-state index in [9.17, 15) is 9.90 Å². The number of carbonyl (C=O) groups is 1. The molecule has 0 saturated heterocycles. The normalized spacial score (nSPS) is 12.8. The maximum Gasteiger partial charge on any atom is 0.162 e. The Hall–Kier alpha value is -3.01. The van der Waals surface area contributed by atoms with Crippen LogP contribution in [-0.2, 0) is 37.7 Å². The maximum atomic E-state index is 11.7. The predicted octanol–water partition coefficient (Wildman–Crippen LogP) is 12.3. The van der Waals surface area contributed by atoms with Gasteiger partial charge in [-0.15, -0.1) is 17.5 Å². The molecule has 0 atom stereocenters. The van der Waals surface area contributed by atoms with Crippen molar-refractivity contribution in [3.8, 4) is 22.8 Å². The average molecular weight is 827 g/mol. The van der Waals surface area contributed by atoms with Crippen LogP contribution in [0.3, 0.4) is 0 Å². The van der Waals surface area contributed by atoms with E-state index in [2.05, 4.69) is 90.9 Å². The van der Waals surface area contributed by atoms with Crippen LogP contribution >= 0.6 is 0 Å². The summed E-state index contributed by atoms with van der Waals surface area (Å²) in [5, 5.41) is 14.4. The van der Waals surface area contributed by atoms with Crippen molar-refractivity contribution in [2.45, 2.75) is 115 Å². The first-order valence-corrected chi connectivity index (χ1v) is 17.6. The molecule has 0 aliphatic carbocycles. The minimum Gasteiger partial charge on any atom is -0.512 e. The third kappa shape index (κ3) is 9.36. The van der Waals surface area contributed by atoms with Crippen LogP contribution < -0.4 is 4.74 Å². The first kappa shape index (κ1) is 39.4. The van der Waals surface area contributed by atoms with Gasteiger partial charge in [0.25, 0.3) is 0 Å². The SMILES string of the molecule is CCC(CC)C(=O)/C=C(\O)C(CC)CC.Cc1ccc2c(CC(C)(C)C)c3c([c-]c2c1)-c1nccc2cc(CC(C)(C)C)cc(c12)O3.[Ir]. The summed E-state index contributed by atoms with van der Waals surface area (Å²) in [6, 6.07) is 16.9. The van der Waals surface area contributed by atoms with Crippen LogP contribution in [0.15, 0.2) is 54.4 Å². The standard InChI is InChI=1S/C30H32NO.C13H24O2.Ir/c1-18-8-9-22-21(12-18)15-23-27-26-20(10-11-31-27)13-19(16-29(2,3)4)14-25(26)32-28(23)24(22)17-30(5,6)7;1-5-10(6-2)12(14)9-13(15)11(7-3)8-4;/h8-14H,16-17H2,1-7H3;9-11,14H,5-8H2,1-4H3;/q-1;;/b;12-9-;. The Morgan fingerprint density at radius 3 is 2.10 bits per heavy atom. The zero-order valence-corrected chi connectivity index (χ0v) is 33.5. The van der Waals surface area contributed by atoms with E-state index in [4.69, 9.17) is 9.72 Å². The van der Waals surface area contributed by atoms with Crippen LogP contribution in [0.2, 0.25) is 0 Å². The molecule has 0 fully saturated rings. The molecule has 1 N–H and O–H groups in total. The quantitative estimate of drug-likeness (QED) is 0.0913. The second-order valence-electron chi connectivity index (χ2n) is 15.8. The number of aromatic nitrogens is 1. The molecule has 1 aliphatic heterocycles.